The van der Waals surface area contributed by atoms with E-state index in [1.807, 2.05) is 27.8 Å². The average molecular weight is 349 g/mol. The van der Waals surface area contributed by atoms with Gasteiger partial charge in [0.05, 0.1) is 19.8 Å². The normalized spacial score (nSPS) is 18.1. The monoisotopic (exact) mass is 349 g/mol. The molecule has 0 bridgehead atoms. The zero-order valence-electron chi connectivity index (χ0n) is 15.5. The van der Waals surface area contributed by atoms with Crippen LogP contribution in [-0.4, -0.2) is 69.9 Å². The summed E-state index contributed by atoms with van der Waals surface area (Å²) >= 11 is 0. The fourth-order valence-electron chi connectivity index (χ4n) is 3.25. The molecule has 25 heavy (non-hydrogen) atoms. The number of rotatable bonds is 1. The van der Waals surface area contributed by atoms with Gasteiger partial charge in [-0.3, -0.25) is 9.48 Å². The summed E-state index contributed by atoms with van der Waals surface area (Å²) in [5, 5.41) is 7.45. The smallest absolute Gasteiger partial charge is 0.318 e. The summed E-state index contributed by atoms with van der Waals surface area (Å²) in [5.41, 5.74) is 2.08. The van der Waals surface area contributed by atoms with Crippen LogP contribution in [0.5, 0.6) is 0 Å². The summed E-state index contributed by atoms with van der Waals surface area (Å²) in [7, 11) is 1.86. The molecule has 8 nitrogen and oxygen atoms in total. The molecule has 1 fully saturated rings. The summed E-state index contributed by atoms with van der Waals surface area (Å²) < 4.78 is 7.10. The lowest BCUT2D eigenvalue weighted by atomic mass is 10.0. The first-order chi connectivity index (χ1) is 11.8. The van der Waals surface area contributed by atoms with E-state index in [0.29, 0.717) is 51.5 Å². The van der Waals surface area contributed by atoms with Crippen molar-refractivity contribution in [2.75, 3.05) is 32.8 Å². The van der Waals surface area contributed by atoms with Gasteiger partial charge in [0.1, 0.15) is 0 Å². The summed E-state index contributed by atoms with van der Waals surface area (Å²) in [6.07, 6.45) is 0.701. The highest BCUT2D eigenvalue weighted by atomic mass is 16.5. The van der Waals surface area contributed by atoms with Crippen molar-refractivity contribution < 1.29 is 14.3 Å². The number of amides is 3. The number of ether oxygens (including phenoxy) is 1. The Bertz CT molecular complexity index is 671. The quantitative estimate of drug-likeness (QED) is 0.812. The van der Waals surface area contributed by atoms with Gasteiger partial charge < -0.3 is 19.9 Å². The van der Waals surface area contributed by atoms with Crippen LogP contribution < -0.4 is 5.32 Å². The van der Waals surface area contributed by atoms with Gasteiger partial charge in [-0.1, -0.05) is 0 Å². The zero-order chi connectivity index (χ0) is 18.2. The van der Waals surface area contributed by atoms with Crippen LogP contribution >= 0.6 is 0 Å². The van der Waals surface area contributed by atoms with E-state index in [9.17, 15) is 9.59 Å². The van der Waals surface area contributed by atoms with E-state index < -0.39 is 0 Å². The van der Waals surface area contributed by atoms with Gasteiger partial charge in [0.2, 0.25) is 0 Å². The lowest BCUT2D eigenvalue weighted by Crippen LogP contribution is -2.50. The van der Waals surface area contributed by atoms with E-state index in [0.717, 1.165) is 11.3 Å². The van der Waals surface area contributed by atoms with Crippen LogP contribution in [0, 0.1) is 0 Å². The van der Waals surface area contributed by atoms with Crippen molar-refractivity contribution >= 4 is 11.9 Å². The first-order valence-corrected chi connectivity index (χ1v) is 8.75. The molecule has 0 aromatic carbocycles. The molecular weight excluding hydrogens is 322 g/mol. The highest BCUT2D eigenvalue weighted by molar-refractivity contribution is 5.94. The number of hydrogen-bond acceptors (Lipinski definition) is 4. The fourth-order valence-corrected chi connectivity index (χ4v) is 3.25. The van der Waals surface area contributed by atoms with Crippen LogP contribution in [0.3, 0.4) is 0 Å². The predicted octanol–water partition coefficient (Wildman–Crippen LogP) is 0.759. The minimum atomic E-state index is -0.293. The Balaban J connectivity index is 1.81. The largest absolute Gasteiger partial charge is 0.378 e. The van der Waals surface area contributed by atoms with Gasteiger partial charge in [-0.05, 0) is 20.8 Å². The Morgan fingerprint density at radius 2 is 1.80 bits per heavy atom. The van der Waals surface area contributed by atoms with Crippen LogP contribution in [0.4, 0.5) is 4.79 Å². The second-order valence-corrected chi connectivity index (χ2v) is 7.65. The highest BCUT2D eigenvalue weighted by Gasteiger charge is 2.32. The zero-order valence-corrected chi connectivity index (χ0v) is 15.5. The molecule has 2 aliphatic rings. The summed E-state index contributed by atoms with van der Waals surface area (Å²) in [5.74, 6) is -0.0711. The van der Waals surface area contributed by atoms with Crippen molar-refractivity contribution in [1.29, 1.82) is 0 Å². The summed E-state index contributed by atoms with van der Waals surface area (Å²) in [6.45, 7) is 9.18. The Morgan fingerprint density at radius 3 is 2.44 bits per heavy atom. The van der Waals surface area contributed by atoms with Gasteiger partial charge in [0.25, 0.3) is 5.91 Å². The number of carbonyl (C=O) groups excluding carboxylic acids is 2. The lowest BCUT2D eigenvalue weighted by molar-refractivity contribution is 0.0297. The molecule has 1 aromatic rings. The molecule has 1 N–H and O–H groups in total. The van der Waals surface area contributed by atoms with E-state index in [4.69, 9.17) is 4.74 Å². The van der Waals surface area contributed by atoms with Crippen molar-refractivity contribution in [3.8, 4) is 0 Å². The van der Waals surface area contributed by atoms with E-state index in [2.05, 4.69) is 10.4 Å². The molecule has 0 atom stereocenters. The molecule has 0 aliphatic carbocycles. The van der Waals surface area contributed by atoms with E-state index in [1.54, 1.807) is 14.5 Å². The Kier molecular flexibility index (Phi) is 4.73. The Hall–Kier alpha value is -2.09. The highest BCUT2D eigenvalue weighted by Crippen LogP contribution is 2.24. The molecule has 3 rings (SSSR count). The van der Waals surface area contributed by atoms with Crippen molar-refractivity contribution in [3.05, 3.63) is 17.0 Å². The Morgan fingerprint density at radius 1 is 1.12 bits per heavy atom. The molecule has 3 amide bonds. The maximum Gasteiger partial charge on any atom is 0.318 e. The maximum absolute atomic E-state index is 12.9. The van der Waals surface area contributed by atoms with E-state index >= 15 is 0 Å². The van der Waals surface area contributed by atoms with Gasteiger partial charge in [-0.15, -0.1) is 0 Å². The third-order valence-corrected chi connectivity index (χ3v) is 4.51. The minimum absolute atomic E-state index is 0.0711. The van der Waals surface area contributed by atoms with Crippen LogP contribution in [-0.2, 0) is 24.8 Å². The second kappa shape index (κ2) is 6.67. The van der Waals surface area contributed by atoms with Gasteiger partial charge in [0.15, 0.2) is 5.69 Å². The molecule has 0 radical (unpaired) electrons. The minimum Gasteiger partial charge on any atom is -0.378 e. The number of aryl methyl sites for hydroxylation is 1. The van der Waals surface area contributed by atoms with Crippen LogP contribution in [0.25, 0.3) is 0 Å². The molecule has 1 saturated heterocycles. The molecule has 8 heteroatoms. The van der Waals surface area contributed by atoms with Crippen molar-refractivity contribution in [2.45, 2.75) is 39.3 Å². The molecule has 3 heterocycles. The first-order valence-electron chi connectivity index (χ1n) is 8.75. The van der Waals surface area contributed by atoms with Gasteiger partial charge in [-0.2, -0.15) is 5.10 Å². The topological polar surface area (TPSA) is 79.7 Å². The summed E-state index contributed by atoms with van der Waals surface area (Å²) in [6, 6.07) is -0.105. The molecule has 0 saturated carbocycles. The average Bonchev–Trinajstić information content (AvgIpc) is 2.90. The molecule has 1 aromatic heterocycles. The number of aromatic nitrogens is 2. The molecule has 2 aliphatic heterocycles. The number of carbonyl (C=O) groups is 2. The molecular formula is C17H27N5O3. The van der Waals surface area contributed by atoms with Crippen molar-refractivity contribution in [3.63, 3.8) is 0 Å². The van der Waals surface area contributed by atoms with Gasteiger partial charge >= 0.3 is 6.03 Å². The SMILES string of the molecule is Cn1nc(C(=O)N2CCOCC2)c2c1CCN(C(=O)NC(C)(C)C)C2. The number of nitrogens with one attached hydrogen (secondary N) is 1. The van der Waals surface area contributed by atoms with Crippen molar-refractivity contribution in [2.24, 2.45) is 7.05 Å². The first kappa shape index (κ1) is 17.7. The molecule has 0 unspecified atom stereocenters. The molecule has 138 valence electrons. The maximum atomic E-state index is 12.9. The number of nitrogens with zero attached hydrogens (tertiary/aromatic N) is 4. The lowest BCUT2D eigenvalue weighted by Gasteiger charge is -2.32. The molecule has 0 spiro atoms. The standard InChI is InChI=1S/C17H27N5O3/c1-17(2,3)18-16(24)22-6-5-13-12(11-22)14(19-20(13)4)15(23)21-7-9-25-10-8-21/h5-11H2,1-4H3,(H,18,24). The van der Waals surface area contributed by atoms with Gasteiger partial charge in [0, 0.05) is 49.9 Å². The van der Waals surface area contributed by atoms with Crippen LogP contribution in [0.15, 0.2) is 0 Å². The third-order valence-electron chi connectivity index (χ3n) is 4.51. The van der Waals surface area contributed by atoms with Gasteiger partial charge in [-0.25, -0.2) is 4.79 Å². The number of morpholine rings is 1. The fraction of sp³-hybridized carbons (Fsp3) is 0.706. The number of fused-ring (bicyclic) bond motifs is 1. The summed E-state index contributed by atoms with van der Waals surface area (Å²) in [4.78, 5) is 28.9. The number of hydrogen-bond donors (Lipinski definition) is 1. The predicted molar refractivity (Wildman–Crippen MR) is 92.3 cm³/mol. The van der Waals surface area contributed by atoms with Crippen LogP contribution in [0.2, 0.25) is 0 Å². The van der Waals surface area contributed by atoms with E-state index in [-0.39, 0.29) is 17.5 Å². The number of urea groups is 1. The van der Waals surface area contributed by atoms with Crippen molar-refractivity contribution in [1.82, 2.24) is 24.9 Å². The van der Waals surface area contributed by atoms with E-state index in [1.165, 1.54) is 0 Å². The van der Waals surface area contributed by atoms with Crippen LogP contribution in [0.1, 0.15) is 42.5 Å². The Labute approximate surface area is 148 Å². The second-order valence-electron chi connectivity index (χ2n) is 7.65. The third kappa shape index (κ3) is 3.78.